The quantitative estimate of drug-likeness (QED) is 0.836. The van der Waals surface area contributed by atoms with Crippen molar-refractivity contribution in [2.24, 2.45) is 11.7 Å². The summed E-state index contributed by atoms with van der Waals surface area (Å²) < 4.78 is 2.01. The molecule has 1 aromatic heterocycles. The number of carboxylic acids is 1. The Hall–Kier alpha value is -1.36. The third kappa shape index (κ3) is 2.20. The van der Waals surface area contributed by atoms with Crippen LogP contribution in [0.25, 0.3) is 0 Å². The second kappa shape index (κ2) is 4.49. The van der Waals surface area contributed by atoms with Crippen LogP contribution in [0.5, 0.6) is 0 Å². The molecule has 0 spiro atoms. The highest BCUT2D eigenvalue weighted by molar-refractivity contribution is 5.87. The highest BCUT2D eigenvalue weighted by Gasteiger charge is 2.28. The van der Waals surface area contributed by atoms with Gasteiger partial charge in [0.15, 0.2) is 5.69 Å². The molecule has 2 heterocycles. The van der Waals surface area contributed by atoms with Crippen molar-refractivity contribution < 1.29 is 9.90 Å². The molecule has 3 N–H and O–H groups in total. The zero-order valence-electron chi connectivity index (χ0n) is 10.3. The Morgan fingerprint density at radius 3 is 2.94 bits per heavy atom. The number of hydrogen-bond donors (Lipinski definition) is 2. The summed E-state index contributed by atoms with van der Waals surface area (Å²) in [5.74, 6) is 0.352. The Morgan fingerprint density at radius 2 is 2.35 bits per heavy atom. The Balaban J connectivity index is 2.48. The minimum Gasteiger partial charge on any atom is -0.476 e. The first-order valence-corrected chi connectivity index (χ1v) is 6.09. The van der Waals surface area contributed by atoms with Crippen LogP contribution < -0.4 is 5.73 Å². The van der Waals surface area contributed by atoms with Crippen molar-refractivity contribution in [1.82, 2.24) is 9.55 Å². The fourth-order valence-corrected chi connectivity index (χ4v) is 2.42. The highest BCUT2D eigenvalue weighted by Crippen LogP contribution is 2.28. The highest BCUT2D eigenvalue weighted by atomic mass is 16.4. The minimum atomic E-state index is -0.971. The normalized spacial score (nSPS) is 19.4. The number of carbonyl (C=O) groups is 1. The van der Waals surface area contributed by atoms with Crippen molar-refractivity contribution >= 4 is 5.97 Å². The van der Waals surface area contributed by atoms with Gasteiger partial charge in [-0.15, -0.1) is 0 Å². The summed E-state index contributed by atoms with van der Waals surface area (Å²) >= 11 is 0. The molecule has 0 fully saturated rings. The van der Waals surface area contributed by atoms with Gasteiger partial charge in [-0.25, -0.2) is 9.78 Å². The van der Waals surface area contributed by atoms with Gasteiger partial charge in [0.05, 0.1) is 5.69 Å². The van der Waals surface area contributed by atoms with Gasteiger partial charge in [0.25, 0.3) is 0 Å². The second-order valence-electron chi connectivity index (χ2n) is 5.07. The largest absolute Gasteiger partial charge is 0.476 e. The van der Waals surface area contributed by atoms with Gasteiger partial charge in [-0.3, -0.25) is 0 Å². The van der Waals surface area contributed by atoms with E-state index in [4.69, 9.17) is 5.73 Å². The summed E-state index contributed by atoms with van der Waals surface area (Å²) in [6.45, 7) is 5.04. The summed E-state index contributed by atoms with van der Waals surface area (Å²) in [5.41, 5.74) is 6.86. The van der Waals surface area contributed by atoms with E-state index in [-0.39, 0.29) is 11.7 Å². The Labute approximate surface area is 101 Å². The average Bonchev–Trinajstić information content (AvgIpc) is 2.58. The monoisotopic (exact) mass is 237 g/mol. The molecule has 1 atom stereocenters. The molecule has 1 aliphatic heterocycles. The van der Waals surface area contributed by atoms with E-state index in [9.17, 15) is 9.90 Å². The van der Waals surface area contributed by atoms with Crippen molar-refractivity contribution in [3.05, 3.63) is 17.2 Å². The predicted octanol–water partition coefficient (Wildman–Crippen LogP) is 1.57. The van der Waals surface area contributed by atoms with E-state index in [0.29, 0.717) is 11.6 Å². The molecule has 1 aliphatic rings. The Kier molecular flexibility index (Phi) is 3.19. The smallest absolute Gasteiger partial charge is 0.356 e. The second-order valence-corrected chi connectivity index (χ2v) is 5.07. The fraction of sp³-hybridized carbons (Fsp3) is 0.667. The number of aromatic nitrogens is 2. The molecule has 1 unspecified atom stereocenters. The number of nitrogens with two attached hydrogens (primary N) is 1. The van der Waals surface area contributed by atoms with Crippen molar-refractivity contribution in [3.63, 3.8) is 0 Å². The SMILES string of the molecule is CC(C)Cc1nc(C(=O)O)c2n1CCCC2N. The van der Waals surface area contributed by atoms with Crippen LogP contribution >= 0.6 is 0 Å². The number of aromatic carboxylic acids is 1. The Morgan fingerprint density at radius 1 is 1.65 bits per heavy atom. The molecule has 0 radical (unpaired) electrons. The van der Waals surface area contributed by atoms with Gasteiger partial charge in [0.2, 0.25) is 0 Å². The van der Waals surface area contributed by atoms with E-state index < -0.39 is 5.97 Å². The zero-order valence-corrected chi connectivity index (χ0v) is 10.3. The molecule has 1 aromatic rings. The third-order valence-corrected chi connectivity index (χ3v) is 3.13. The maximum Gasteiger partial charge on any atom is 0.356 e. The standard InChI is InChI=1S/C12H19N3O2/c1-7(2)6-9-14-10(12(16)17)11-8(13)4-3-5-15(9)11/h7-8H,3-6,13H2,1-2H3,(H,16,17). The minimum absolute atomic E-state index is 0.146. The summed E-state index contributed by atoms with van der Waals surface area (Å²) in [4.78, 5) is 15.5. The van der Waals surface area contributed by atoms with Crippen LogP contribution in [0.15, 0.2) is 0 Å². The van der Waals surface area contributed by atoms with Gasteiger partial charge in [0.1, 0.15) is 5.82 Å². The molecule has 17 heavy (non-hydrogen) atoms. The molecule has 0 bridgehead atoms. The van der Waals surface area contributed by atoms with Crippen LogP contribution in [0.1, 0.15) is 54.7 Å². The van der Waals surface area contributed by atoms with Gasteiger partial charge in [-0.1, -0.05) is 13.8 Å². The Bertz CT molecular complexity index is 437. The maximum absolute atomic E-state index is 11.2. The van der Waals surface area contributed by atoms with Gasteiger partial charge in [-0.2, -0.15) is 0 Å². The van der Waals surface area contributed by atoms with Crippen LogP contribution in [-0.2, 0) is 13.0 Å². The number of nitrogens with zero attached hydrogens (tertiary/aromatic N) is 2. The lowest BCUT2D eigenvalue weighted by atomic mass is 10.0. The van der Waals surface area contributed by atoms with Crippen LogP contribution in [0.3, 0.4) is 0 Å². The molecule has 0 aliphatic carbocycles. The van der Waals surface area contributed by atoms with Gasteiger partial charge in [-0.05, 0) is 18.8 Å². The van der Waals surface area contributed by atoms with E-state index >= 15 is 0 Å². The zero-order chi connectivity index (χ0) is 12.6. The van der Waals surface area contributed by atoms with Crippen molar-refractivity contribution in [2.45, 2.75) is 45.7 Å². The maximum atomic E-state index is 11.2. The molecule has 0 amide bonds. The van der Waals surface area contributed by atoms with Crippen LogP contribution in [-0.4, -0.2) is 20.6 Å². The van der Waals surface area contributed by atoms with Crippen LogP contribution in [0, 0.1) is 5.92 Å². The summed E-state index contributed by atoms with van der Waals surface area (Å²) in [5, 5.41) is 9.17. The lowest BCUT2D eigenvalue weighted by molar-refractivity contribution is 0.0688. The molecule has 0 saturated heterocycles. The molecule has 5 nitrogen and oxygen atoms in total. The number of hydrogen-bond acceptors (Lipinski definition) is 3. The molecule has 94 valence electrons. The number of fused-ring (bicyclic) bond motifs is 1. The number of imidazole rings is 1. The van der Waals surface area contributed by atoms with E-state index in [1.807, 2.05) is 4.57 Å². The first kappa shape index (κ1) is 12.1. The molecule has 0 aromatic carbocycles. The van der Waals surface area contributed by atoms with E-state index in [1.165, 1.54) is 0 Å². The van der Waals surface area contributed by atoms with Crippen LogP contribution in [0.4, 0.5) is 0 Å². The molecule has 2 rings (SSSR count). The van der Waals surface area contributed by atoms with Crippen molar-refractivity contribution in [3.8, 4) is 0 Å². The van der Waals surface area contributed by atoms with E-state index in [1.54, 1.807) is 0 Å². The van der Waals surface area contributed by atoms with Gasteiger partial charge < -0.3 is 15.4 Å². The molecular formula is C12H19N3O2. The predicted molar refractivity (Wildman–Crippen MR) is 63.9 cm³/mol. The van der Waals surface area contributed by atoms with Gasteiger partial charge >= 0.3 is 5.97 Å². The molecule has 5 heteroatoms. The first-order valence-electron chi connectivity index (χ1n) is 6.09. The lowest BCUT2D eigenvalue weighted by Gasteiger charge is -2.23. The topological polar surface area (TPSA) is 81.1 Å². The molecular weight excluding hydrogens is 218 g/mol. The first-order chi connectivity index (χ1) is 8.00. The third-order valence-electron chi connectivity index (χ3n) is 3.13. The average molecular weight is 237 g/mol. The van der Waals surface area contributed by atoms with Gasteiger partial charge in [0, 0.05) is 19.0 Å². The lowest BCUT2D eigenvalue weighted by Crippen LogP contribution is -2.24. The fourth-order valence-electron chi connectivity index (χ4n) is 2.42. The molecule has 0 saturated carbocycles. The van der Waals surface area contributed by atoms with E-state index in [2.05, 4.69) is 18.8 Å². The van der Waals surface area contributed by atoms with Crippen molar-refractivity contribution in [2.75, 3.05) is 0 Å². The summed E-state index contributed by atoms with van der Waals surface area (Å²) in [7, 11) is 0. The number of rotatable bonds is 3. The van der Waals surface area contributed by atoms with Crippen molar-refractivity contribution in [1.29, 1.82) is 0 Å². The summed E-state index contributed by atoms with van der Waals surface area (Å²) in [6.07, 6.45) is 2.63. The number of carboxylic acid groups (broad SMARTS) is 1. The van der Waals surface area contributed by atoms with Crippen LogP contribution in [0.2, 0.25) is 0 Å². The summed E-state index contributed by atoms with van der Waals surface area (Å²) in [6, 6.07) is -0.191. The van der Waals surface area contributed by atoms with E-state index in [0.717, 1.165) is 31.6 Å².